The number of hydrogen-bond donors (Lipinski definition) is 0. The van der Waals surface area contributed by atoms with Gasteiger partial charge in [-0.1, -0.05) is 12.1 Å². The van der Waals surface area contributed by atoms with Crippen LogP contribution < -0.4 is 4.74 Å². The van der Waals surface area contributed by atoms with Crippen LogP contribution in [-0.2, 0) is 17.6 Å². The summed E-state index contributed by atoms with van der Waals surface area (Å²) in [4.78, 5) is 14.6. The van der Waals surface area contributed by atoms with Crippen LogP contribution in [0.1, 0.15) is 30.0 Å². The standard InChI is InChI=1S/C18H21N3O2/c22-18(12-14-4-5-17-15(11-14)6-10-23-17)20-8-1-3-16(13-20)21-9-2-7-19-21/h2,4-5,7,9,11,16H,1,3,6,8,10,12-13H2/t16-/m1/s1. The first-order chi connectivity index (χ1) is 11.3. The average Bonchev–Trinajstić information content (AvgIpc) is 3.26. The number of amides is 1. The fourth-order valence-electron chi connectivity index (χ4n) is 3.53. The van der Waals surface area contributed by atoms with Crippen LogP contribution in [0.2, 0.25) is 0 Å². The maximum Gasteiger partial charge on any atom is 0.227 e. The van der Waals surface area contributed by atoms with Gasteiger partial charge < -0.3 is 9.64 Å². The van der Waals surface area contributed by atoms with E-state index in [1.807, 2.05) is 34.0 Å². The van der Waals surface area contributed by atoms with Crippen molar-refractivity contribution in [1.29, 1.82) is 0 Å². The molecular formula is C18H21N3O2. The molecule has 1 fully saturated rings. The summed E-state index contributed by atoms with van der Waals surface area (Å²) in [5, 5.41) is 4.32. The molecule has 0 saturated carbocycles. The van der Waals surface area contributed by atoms with Crippen LogP contribution in [0, 0.1) is 0 Å². The van der Waals surface area contributed by atoms with Crippen molar-refractivity contribution >= 4 is 5.91 Å². The Hall–Kier alpha value is -2.30. The lowest BCUT2D eigenvalue weighted by atomic mass is 10.0. The van der Waals surface area contributed by atoms with Crippen molar-refractivity contribution in [2.45, 2.75) is 31.7 Å². The first kappa shape index (κ1) is 14.3. The highest BCUT2D eigenvalue weighted by molar-refractivity contribution is 5.79. The van der Waals surface area contributed by atoms with Gasteiger partial charge in [0, 0.05) is 31.9 Å². The van der Waals surface area contributed by atoms with Gasteiger partial charge in [0.2, 0.25) is 5.91 Å². The zero-order valence-corrected chi connectivity index (χ0v) is 13.1. The highest BCUT2D eigenvalue weighted by Crippen LogP contribution is 2.27. The second-order valence-electron chi connectivity index (χ2n) is 6.34. The molecule has 0 radical (unpaired) electrons. The third kappa shape index (κ3) is 2.96. The van der Waals surface area contributed by atoms with Crippen molar-refractivity contribution in [2.24, 2.45) is 0 Å². The van der Waals surface area contributed by atoms with Crippen LogP contribution in [0.25, 0.3) is 0 Å². The van der Waals surface area contributed by atoms with E-state index in [1.165, 1.54) is 5.56 Å². The summed E-state index contributed by atoms with van der Waals surface area (Å²) in [6.07, 6.45) is 7.32. The molecule has 0 bridgehead atoms. The number of nitrogens with zero attached hydrogens (tertiary/aromatic N) is 3. The smallest absolute Gasteiger partial charge is 0.227 e. The molecule has 1 atom stereocenters. The summed E-state index contributed by atoms with van der Waals surface area (Å²) < 4.78 is 7.50. The molecule has 0 N–H and O–H groups in total. The summed E-state index contributed by atoms with van der Waals surface area (Å²) in [5.41, 5.74) is 2.31. The second-order valence-corrected chi connectivity index (χ2v) is 6.34. The van der Waals surface area contributed by atoms with Crippen molar-refractivity contribution in [3.63, 3.8) is 0 Å². The monoisotopic (exact) mass is 311 g/mol. The Bertz CT molecular complexity index is 696. The van der Waals surface area contributed by atoms with Crippen LogP contribution >= 0.6 is 0 Å². The summed E-state index contributed by atoms with van der Waals surface area (Å²) >= 11 is 0. The van der Waals surface area contributed by atoms with Crippen LogP contribution in [-0.4, -0.2) is 40.3 Å². The van der Waals surface area contributed by atoms with Gasteiger partial charge in [-0.3, -0.25) is 9.48 Å². The number of fused-ring (bicyclic) bond motifs is 1. The Labute approximate surface area is 135 Å². The molecule has 3 heterocycles. The lowest BCUT2D eigenvalue weighted by Crippen LogP contribution is -2.41. The highest BCUT2D eigenvalue weighted by Gasteiger charge is 2.25. The number of carbonyl (C=O) groups is 1. The first-order valence-corrected chi connectivity index (χ1v) is 8.31. The van der Waals surface area contributed by atoms with E-state index < -0.39 is 0 Å². The molecule has 23 heavy (non-hydrogen) atoms. The minimum atomic E-state index is 0.209. The third-order valence-electron chi connectivity index (χ3n) is 4.76. The van der Waals surface area contributed by atoms with Gasteiger partial charge in [0.1, 0.15) is 5.75 Å². The summed E-state index contributed by atoms with van der Waals surface area (Å²) in [6.45, 7) is 2.36. The molecule has 120 valence electrons. The maximum absolute atomic E-state index is 12.6. The van der Waals surface area contributed by atoms with E-state index in [2.05, 4.69) is 11.2 Å². The Morgan fingerprint density at radius 1 is 1.39 bits per heavy atom. The largest absolute Gasteiger partial charge is 0.493 e. The predicted octanol–water partition coefficient (Wildman–Crippen LogP) is 2.22. The Morgan fingerprint density at radius 3 is 3.22 bits per heavy atom. The van der Waals surface area contributed by atoms with Crippen molar-refractivity contribution in [3.8, 4) is 5.75 Å². The molecule has 1 saturated heterocycles. The molecule has 2 aromatic rings. The van der Waals surface area contributed by atoms with Crippen LogP contribution in [0.5, 0.6) is 5.75 Å². The van der Waals surface area contributed by atoms with E-state index in [9.17, 15) is 4.79 Å². The molecule has 0 unspecified atom stereocenters. The lowest BCUT2D eigenvalue weighted by Gasteiger charge is -2.33. The molecule has 1 aromatic carbocycles. The van der Waals surface area contributed by atoms with Crippen molar-refractivity contribution in [2.75, 3.05) is 19.7 Å². The van der Waals surface area contributed by atoms with Gasteiger partial charge in [-0.05, 0) is 36.1 Å². The van der Waals surface area contributed by atoms with E-state index in [-0.39, 0.29) is 5.91 Å². The van der Waals surface area contributed by atoms with Gasteiger partial charge >= 0.3 is 0 Å². The second kappa shape index (κ2) is 6.07. The van der Waals surface area contributed by atoms with Gasteiger partial charge in [-0.25, -0.2) is 0 Å². The number of rotatable bonds is 3. The van der Waals surface area contributed by atoms with Crippen LogP contribution in [0.4, 0.5) is 0 Å². The predicted molar refractivity (Wildman–Crippen MR) is 86.4 cm³/mol. The van der Waals surface area contributed by atoms with Crippen LogP contribution in [0.15, 0.2) is 36.7 Å². The fourth-order valence-corrected chi connectivity index (χ4v) is 3.53. The molecule has 1 amide bonds. The van der Waals surface area contributed by atoms with Crippen LogP contribution in [0.3, 0.4) is 0 Å². The highest BCUT2D eigenvalue weighted by atomic mass is 16.5. The molecule has 0 spiro atoms. The molecule has 1 aromatic heterocycles. The van der Waals surface area contributed by atoms with E-state index in [0.717, 1.165) is 50.3 Å². The molecule has 4 rings (SSSR count). The summed E-state index contributed by atoms with van der Waals surface area (Å²) in [5.74, 6) is 1.18. The minimum absolute atomic E-state index is 0.209. The zero-order chi connectivity index (χ0) is 15.6. The molecule has 5 nitrogen and oxygen atoms in total. The van der Waals surface area contributed by atoms with Crippen molar-refractivity contribution < 1.29 is 9.53 Å². The molecule has 0 aliphatic carbocycles. The summed E-state index contributed by atoms with van der Waals surface area (Å²) in [6, 6.07) is 8.36. The van der Waals surface area contributed by atoms with Gasteiger partial charge in [0.25, 0.3) is 0 Å². The van der Waals surface area contributed by atoms with Gasteiger partial charge in [-0.15, -0.1) is 0 Å². The number of benzene rings is 1. The quantitative estimate of drug-likeness (QED) is 0.873. The molecular weight excluding hydrogens is 290 g/mol. The minimum Gasteiger partial charge on any atom is -0.493 e. The maximum atomic E-state index is 12.6. The number of piperidine rings is 1. The van der Waals surface area contributed by atoms with E-state index in [0.29, 0.717) is 12.5 Å². The average molecular weight is 311 g/mol. The molecule has 2 aliphatic heterocycles. The zero-order valence-electron chi connectivity index (χ0n) is 13.1. The van der Waals surface area contributed by atoms with E-state index >= 15 is 0 Å². The lowest BCUT2D eigenvalue weighted by molar-refractivity contribution is -0.132. The first-order valence-electron chi connectivity index (χ1n) is 8.31. The van der Waals surface area contributed by atoms with Gasteiger partial charge in [0.05, 0.1) is 19.1 Å². The molecule has 2 aliphatic rings. The Kier molecular flexibility index (Phi) is 3.77. The van der Waals surface area contributed by atoms with Crippen molar-refractivity contribution in [1.82, 2.24) is 14.7 Å². The SMILES string of the molecule is O=C(Cc1ccc2c(c1)CCO2)N1CCC[C@@H](n2cccn2)C1. The number of hydrogen-bond acceptors (Lipinski definition) is 3. The third-order valence-corrected chi connectivity index (χ3v) is 4.76. The molecule has 5 heteroatoms. The topological polar surface area (TPSA) is 47.4 Å². The van der Waals surface area contributed by atoms with E-state index in [4.69, 9.17) is 4.74 Å². The van der Waals surface area contributed by atoms with Crippen molar-refractivity contribution in [3.05, 3.63) is 47.8 Å². The number of ether oxygens (including phenoxy) is 1. The Morgan fingerprint density at radius 2 is 2.35 bits per heavy atom. The number of likely N-dealkylation sites (tertiary alicyclic amines) is 1. The Balaban J connectivity index is 1.42. The normalized spacial score (nSPS) is 20.2. The van der Waals surface area contributed by atoms with Gasteiger partial charge in [-0.2, -0.15) is 5.10 Å². The number of aromatic nitrogens is 2. The summed E-state index contributed by atoms with van der Waals surface area (Å²) in [7, 11) is 0. The van der Waals surface area contributed by atoms with Gasteiger partial charge in [0.15, 0.2) is 0 Å². The fraction of sp³-hybridized carbons (Fsp3) is 0.444. The van der Waals surface area contributed by atoms with E-state index in [1.54, 1.807) is 6.20 Å². The number of carbonyl (C=O) groups excluding carboxylic acids is 1.